The second kappa shape index (κ2) is 5.75. The van der Waals surface area contributed by atoms with E-state index < -0.39 is 11.9 Å². The van der Waals surface area contributed by atoms with Crippen molar-refractivity contribution in [1.29, 1.82) is 0 Å². The van der Waals surface area contributed by atoms with Crippen LogP contribution >= 0.6 is 11.6 Å². The van der Waals surface area contributed by atoms with Gasteiger partial charge in [0.05, 0.1) is 18.2 Å². The van der Waals surface area contributed by atoms with Gasteiger partial charge in [-0.15, -0.1) is 0 Å². The van der Waals surface area contributed by atoms with Gasteiger partial charge in [0.1, 0.15) is 0 Å². The number of hydrogen-bond acceptors (Lipinski definition) is 3. The minimum atomic E-state index is -1.07. The Morgan fingerprint density at radius 1 is 1.10 bits per heavy atom. The van der Waals surface area contributed by atoms with Gasteiger partial charge in [0.2, 0.25) is 0 Å². The molecule has 0 fully saturated rings. The molecular formula is C15H11ClO4. The lowest BCUT2D eigenvalue weighted by molar-refractivity contribution is 0.0599. The lowest BCUT2D eigenvalue weighted by Gasteiger charge is -2.10. The highest BCUT2D eigenvalue weighted by atomic mass is 35.5. The molecule has 2 aromatic rings. The molecule has 0 aliphatic rings. The third-order valence-corrected chi connectivity index (χ3v) is 3.17. The summed E-state index contributed by atoms with van der Waals surface area (Å²) in [5, 5.41) is 9.49. The van der Waals surface area contributed by atoms with Crippen LogP contribution in [0.4, 0.5) is 0 Å². The SMILES string of the molecule is COC(=O)c1ccc(C(=O)O)cc1-c1ccccc1Cl. The Hall–Kier alpha value is -2.33. The molecule has 0 spiro atoms. The van der Waals surface area contributed by atoms with E-state index in [2.05, 4.69) is 0 Å². The van der Waals surface area contributed by atoms with E-state index in [1.54, 1.807) is 24.3 Å². The first-order chi connectivity index (χ1) is 9.54. The first-order valence-corrected chi connectivity index (χ1v) is 6.13. The number of methoxy groups -OCH3 is 1. The van der Waals surface area contributed by atoms with Gasteiger partial charge in [0, 0.05) is 10.6 Å². The average molecular weight is 291 g/mol. The molecule has 0 heterocycles. The van der Waals surface area contributed by atoms with E-state index in [0.29, 0.717) is 16.1 Å². The molecule has 2 rings (SSSR count). The molecule has 0 bridgehead atoms. The van der Waals surface area contributed by atoms with E-state index in [1.165, 1.54) is 25.3 Å². The lowest BCUT2D eigenvalue weighted by atomic mass is 9.97. The standard InChI is InChI=1S/C15H11ClO4/c1-20-15(19)11-7-6-9(14(17)18)8-12(11)10-4-2-3-5-13(10)16/h2-8H,1H3,(H,17,18). The summed E-state index contributed by atoms with van der Waals surface area (Å²) in [6.45, 7) is 0. The first kappa shape index (κ1) is 14.1. The monoisotopic (exact) mass is 290 g/mol. The molecule has 4 nitrogen and oxygen atoms in total. The number of carboxylic acid groups (broad SMARTS) is 1. The predicted octanol–water partition coefficient (Wildman–Crippen LogP) is 3.49. The van der Waals surface area contributed by atoms with Crippen molar-refractivity contribution in [2.45, 2.75) is 0 Å². The maximum absolute atomic E-state index is 11.8. The van der Waals surface area contributed by atoms with Crippen LogP contribution in [0.25, 0.3) is 11.1 Å². The van der Waals surface area contributed by atoms with Crippen LogP contribution in [0.3, 0.4) is 0 Å². The van der Waals surface area contributed by atoms with E-state index in [0.717, 1.165) is 0 Å². The van der Waals surface area contributed by atoms with E-state index >= 15 is 0 Å². The minimum absolute atomic E-state index is 0.0765. The van der Waals surface area contributed by atoms with Crippen LogP contribution in [0.5, 0.6) is 0 Å². The number of esters is 1. The quantitative estimate of drug-likeness (QED) is 0.879. The van der Waals surface area contributed by atoms with Gasteiger partial charge in [0.15, 0.2) is 0 Å². The Kier molecular flexibility index (Phi) is 4.05. The number of ether oxygens (including phenoxy) is 1. The molecule has 102 valence electrons. The maximum atomic E-state index is 11.8. The van der Waals surface area contributed by atoms with Gasteiger partial charge in [-0.25, -0.2) is 9.59 Å². The van der Waals surface area contributed by atoms with Gasteiger partial charge in [0.25, 0.3) is 0 Å². The molecular weight excluding hydrogens is 280 g/mol. The highest BCUT2D eigenvalue weighted by Crippen LogP contribution is 2.31. The highest BCUT2D eigenvalue weighted by Gasteiger charge is 2.17. The Morgan fingerprint density at radius 2 is 1.80 bits per heavy atom. The van der Waals surface area contributed by atoms with Gasteiger partial charge in [-0.1, -0.05) is 29.8 Å². The number of hydrogen-bond donors (Lipinski definition) is 1. The molecule has 0 aliphatic heterocycles. The summed E-state index contributed by atoms with van der Waals surface area (Å²) in [6, 6.07) is 11.1. The minimum Gasteiger partial charge on any atom is -0.478 e. The summed E-state index contributed by atoms with van der Waals surface area (Å²) in [5.41, 5.74) is 1.36. The zero-order valence-corrected chi connectivity index (χ0v) is 11.3. The Bertz CT molecular complexity index is 679. The lowest BCUT2D eigenvalue weighted by Crippen LogP contribution is -2.06. The van der Waals surface area contributed by atoms with Crippen LogP contribution in [-0.2, 0) is 4.74 Å². The van der Waals surface area contributed by atoms with Crippen molar-refractivity contribution in [3.8, 4) is 11.1 Å². The molecule has 0 aromatic heterocycles. The van der Waals surface area contributed by atoms with Gasteiger partial charge >= 0.3 is 11.9 Å². The van der Waals surface area contributed by atoms with Crippen molar-refractivity contribution in [3.63, 3.8) is 0 Å². The summed E-state index contributed by atoms with van der Waals surface area (Å²) in [5.74, 6) is -1.62. The fourth-order valence-electron chi connectivity index (χ4n) is 1.87. The molecule has 2 aromatic carbocycles. The fraction of sp³-hybridized carbons (Fsp3) is 0.0667. The maximum Gasteiger partial charge on any atom is 0.338 e. The molecule has 0 unspecified atom stereocenters. The highest BCUT2D eigenvalue weighted by molar-refractivity contribution is 6.33. The van der Waals surface area contributed by atoms with Crippen LogP contribution in [0, 0.1) is 0 Å². The second-order valence-corrected chi connectivity index (χ2v) is 4.44. The smallest absolute Gasteiger partial charge is 0.338 e. The zero-order valence-electron chi connectivity index (χ0n) is 10.6. The summed E-state index contributed by atoms with van der Waals surface area (Å²) in [6.07, 6.45) is 0. The normalized spacial score (nSPS) is 10.1. The predicted molar refractivity (Wildman–Crippen MR) is 75.2 cm³/mol. The van der Waals surface area contributed by atoms with Gasteiger partial charge in [-0.2, -0.15) is 0 Å². The third kappa shape index (κ3) is 2.65. The second-order valence-electron chi connectivity index (χ2n) is 4.04. The fourth-order valence-corrected chi connectivity index (χ4v) is 2.11. The van der Waals surface area contributed by atoms with Crippen molar-refractivity contribution >= 4 is 23.5 Å². The number of carbonyl (C=O) groups excluding carboxylic acids is 1. The topological polar surface area (TPSA) is 63.6 Å². The van der Waals surface area contributed by atoms with Crippen LogP contribution in [0.15, 0.2) is 42.5 Å². The summed E-state index contributed by atoms with van der Waals surface area (Å²) >= 11 is 6.11. The zero-order chi connectivity index (χ0) is 14.7. The Balaban J connectivity index is 2.70. The summed E-state index contributed by atoms with van der Waals surface area (Å²) < 4.78 is 4.71. The van der Waals surface area contributed by atoms with Crippen molar-refractivity contribution < 1.29 is 19.4 Å². The van der Waals surface area contributed by atoms with Crippen LogP contribution < -0.4 is 0 Å². The summed E-state index contributed by atoms with van der Waals surface area (Å²) in [4.78, 5) is 22.9. The molecule has 0 saturated carbocycles. The number of carbonyl (C=O) groups is 2. The van der Waals surface area contributed by atoms with E-state index in [9.17, 15) is 9.59 Å². The largest absolute Gasteiger partial charge is 0.478 e. The van der Waals surface area contributed by atoms with Crippen molar-refractivity contribution in [2.24, 2.45) is 0 Å². The molecule has 0 saturated heterocycles. The molecule has 0 radical (unpaired) electrons. The molecule has 0 atom stereocenters. The van der Waals surface area contributed by atoms with Gasteiger partial charge in [-0.3, -0.25) is 0 Å². The molecule has 20 heavy (non-hydrogen) atoms. The third-order valence-electron chi connectivity index (χ3n) is 2.84. The van der Waals surface area contributed by atoms with Gasteiger partial charge < -0.3 is 9.84 Å². The van der Waals surface area contributed by atoms with Crippen LogP contribution in [-0.4, -0.2) is 24.2 Å². The molecule has 5 heteroatoms. The number of halogens is 1. The Labute approximate surface area is 120 Å². The number of benzene rings is 2. The van der Waals surface area contributed by atoms with Crippen molar-refractivity contribution in [1.82, 2.24) is 0 Å². The van der Waals surface area contributed by atoms with E-state index in [4.69, 9.17) is 21.4 Å². The molecule has 0 amide bonds. The molecule has 0 aliphatic carbocycles. The van der Waals surface area contributed by atoms with Crippen molar-refractivity contribution in [2.75, 3.05) is 7.11 Å². The number of aromatic carboxylic acids is 1. The summed E-state index contributed by atoms with van der Waals surface area (Å²) in [7, 11) is 1.27. The van der Waals surface area contributed by atoms with Crippen LogP contribution in [0.1, 0.15) is 20.7 Å². The first-order valence-electron chi connectivity index (χ1n) is 5.75. The number of rotatable bonds is 3. The van der Waals surface area contributed by atoms with Gasteiger partial charge in [-0.05, 0) is 29.8 Å². The average Bonchev–Trinajstić information content (AvgIpc) is 2.46. The number of carboxylic acids is 1. The van der Waals surface area contributed by atoms with E-state index in [-0.39, 0.29) is 11.1 Å². The van der Waals surface area contributed by atoms with Crippen LogP contribution in [0.2, 0.25) is 5.02 Å². The molecule has 1 N–H and O–H groups in total. The Morgan fingerprint density at radius 3 is 2.40 bits per heavy atom. The van der Waals surface area contributed by atoms with E-state index in [1.807, 2.05) is 0 Å². The van der Waals surface area contributed by atoms with Crippen molar-refractivity contribution in [3.05, 3.63) is 58.6 Å².